The van der Waals surface area contributed by atoms with Gasteiger partial charge in [0, 0.05) is 12.0 Å². The van der Waals surface area contributed by atoms with Crippen molar-refractivity contribution in [1.29, 1.82) is 0 Å². The largest absolute Gasteiger partial charge is 0.207 e. The molecule has 144 valence electrons. The van der Waals surface area contributed by atoms with Crippen LogP contribution in [0.2, 0.25) is 0 Å². The summed E-state index contributed by atoms with van der Waals surface area (Å²) >= 11 is 0. The summed E-state index contributed by atoms with van der Waals surface area (Å²) in [6, 6.07) is 12.9. The summed E-state index contributed by atoms with van der Waals surface area (Å²) in [4.78, 5) is 0. The van der Waals surface area contributed by atoms with Gasteiger partial charge >= 0.3 is 0 Å². The van der Waals surface area contributed by atoms with E-state index in [0.717, 1.165) is 24.0 Å². The Balaban J connectivity index is 1.66. The van der Waals surface area contributed by atoms with Crippen LogP contribution in [0.15, 0.2) is 48.5 Å². The van der Waals surface area contributed by atoms with Gasteiger partial charge < -0.3 is 0 Å². The number of hydrogen-bond donors (Lipinski definition) is 0. The van der Waals surface area contributed by atoms with Crippen LogP contribution in [0.4, 0.5) is 13.2 Å². The van der Waals surface area contributed by atoms with Crippen molar-refractivity contribution in [3.05, 3.63) is 82.7 Å². The Morgan fingerprint density at radius 3 is 2.36 bits per heavy atom. The highest BCUT2D eigenvalue weighted by Crippen LogP contribution is 2.42. The molecule has 0 fully saturated rings. The first-order valence-corrected chi connectivity index (χ1v) is 9.97. The van der Waals surface area contributed by atoms with Crippen LogP contribution in [0.1, 0.15) is 49.3 Å². The van der Waals surface area contributed by atoms with E-state index >= 15 is 4.39 Å². The Morgan fingerprint density at radius 2 is 1.61 bits per heavy atom. The topological polar surface area (TPSA) is 0 Å². The minimum Gasteiger partial charge on any atom is -0.207 e. The van der Waals surface area contributed by atoms with Gasteiger partial charge in [-0.05, 0) is 58.9 Å². The van der Waals surface area contributed by atoms with Gasteiger partial charge in [-0.15, -0.1) is 0 Å². The average molecular weight is 380 g/mol. The summed E-state index contributed by atoms with van der Waals surface area (Å²) < 4.78 is 43.2. The van der Waals surface area contributed by atoms with Gasteiger partial charge in [0.1, 0.15) is 17.5 Å². The Morgan fingerprint density at radius 1 is 0.821 bits per heavy atom. The lowest BCUT2D eigenvalue weighted by Gasteiger charge is -2.10. The summed E-state index contributed by atoms with van der Waals surface area (Å²) in [5.41, 5.74) is 4.65. The number of fused-ring (bicyclic) bond motifs is 3. The number of unbranched alkanes of at least 4 members (excludes halogenated alkanes) is 3. The van der Waals surface area contributed by atoms with Crippen molar-refractivity contribution in [2.45, 2.75) is 45.4 Å². The van der Waals surface area contributed by atoms with Crippen LogP contribution in [0.25, 0.3) is 22.3 Å². The lowest BCUT2D eigenvalue weighted by Crippen LogP contribution is -1.97. The normalized spacial score (nSPS) is 12.1. The molecule has 3 aromatic carbocycles. The maximum absolute atomic E-state index is 15.2. The van der Waals surface area contributed by atoms with Gasteiger partial charge in [-0.3, -0.25) is 0 Å². The minimum absolute atomic E-state index is 0.0775. The van der Waals surface area contributed by atoms with Gasteiger partial charge in [0.15, 0.2) is 0 Å². The van der Waals surface area contributed by atoms with Crippen LogP contribution < -0.4 is 0 Å². The van der Waals surface area contributed by atoms with Gasteiger partial charge in [0.2, 0.25) is 0 Å². The first-order chi connectivity index (χ1) is 13.6. The SMILES string of the molecule is CCCCCCc1ccc2c(c1)Cc1c-2cc(F)c(-c2ccc(F)cc2)c1F. The van der Waals surface area contributed by atoms with Crippen LogP contribution in [0.3, 0.4) is 0 Å². The van der Waals surface area contributed by atoms with E-state index in [-0.39, 0.29) is 5.56 Å². The molecular formula is C25H23F3. The second kappa shape index (κ2) is 7.83. The summed E-state index contributed by atoms with van der Waals surface area (Å²) in [5, 5.41) is 0. The fourth-order valence-electron chi connectivity index (χ4n) is 4.11. The van der Waals surface area contributed by atoms with E-state index in [1.54, 1.807) is 0 Å². The van der Waals surface area contributed by atoms with Crippen molar-refractivity contribution in [3.8, 4) is 22.3 Å². The molecule has 0 atom stereocenters. The Bertz CT molecular complexity index is 1000. The molecule has 1 aliphatic carbocycles. The molecule has 3 aromatic rings. The monoisotopic (exact) mass is 380 g/mol. The van der Waals surface area contributed by atoms with Crippen LogP contribution in [-0.2, 0) is 12.8 Å². The van der Waals surface area contributed by atoms with E-state index in [9.17, 15) is 8.78 Å². The Labute approximate surface area is 164 Å². The molecule has 0 spiro atoms. The lowest BCUT2D eigenvalue weighted by molar-refractivity contribution is 0.583. The summed E-state index contributed by atoms with van der Waals surface area (Å²) in [6.07, 6.45) is 6.30. The summed E-state index contributed by atoms with van der Waals surface area (Å²) in [7, 11) is 0. The molecule has 0 nitrogen and oxygen atoms in total. The number of benzene rings is 3. The highest BCUT2D eigenvalue weighted by molar-refractivity contribution is 5.81. The molecule has 0 radical (unpaired) electrons. The van der Waals surface area contributed by atoms with Crippen molar-refractivity contribution < 1.29 is 13.2 Å². The van der Waals surface area contributed by atoms with Gasteiger partial charge in [0.05, 0.1) is 5.56 Å². The standard InChI is InChI=1S/C25H23F3/c1-2-3-4-5-6-16-7-12-20-18(13-16)14-22-21(20)15-23(27)24(25(22)28)17-8-10-19(26)11-9-17/h7-13,15H,2-6,14H2,1H3. The second-order valence-electron chi connectivity index (χ2n) is 7.56. The van der Waals surface area contributed by atoms with Crippen molar-refractivity contribution in [1.82, 2.24) is 0 Å². The molecule has 0 bridgehead atoms. The predicted octanol–water partition coefficient (Wildman–Crippen LogP) is 7.46. The second-order valence-corrected chi connectivity index (χ2v) is 7.56. The maximum Gasteiger partial charge on any atom is 0.138 e. The summed E-state index contributed by atoms with van der Waals surface area (Å²) in [6.45, 7) is 2.19. The third kappa shape index (κ3) is 3.46. The smallest absolute Gasteiger partial charge is 0.138 e. The quantitative estimate of drug-likeness (QED) is 0.304. The molecule has 0 N–H and O–H groups in total. The molecule has 0 saturated carbocycles. The number of aryl methyl sites for hydroxylation is 1. The number of hydrogen-bond acceptors (Lipinski definition) is 0. The van der Waals surface area contributed by atoms with E-state index in [0.29, 0.717) is 23.1 Å². The molecule has 0 saturated heterocycles. The minimum atomic E-state index is -0.612. The fourth-order valence-corrected chi connectivity index (χ4v) is 4.11. The zero-order chi connectivity index (χ0) is 19.7. The van der Waals surface area contributed by atoms with E-state index < -0.39 is 17.5 Å². The fraction of sp³-hybridized carbons (Fsp3) is 0.280. The molecule has 1 aliphatic rings. The first kappa shape index (κ1) is 18.8. The van der Waals surface area contributed by atoms with Gasteiger partial charge in [-0.25, -0.2) is 13.2 Å². The highest BCUT2D eigenvalue weighted by atomic mass is 19.1. The van der Waals surface area contributed by atoms with Crippen molar-refractivity contribution >= 4 is 0 Å². The maximum atomic E-state index is 15.2. The molecule has 0 aromatic heterocycles. The Hall–Kier alpha value is -2.55. The van der Waals surface area contributed by atoms with E-state index in [2.05, 4.69) is 19.1 Å². The zero-order valence-corrected chi connectivity index (χ0v) is 16.0. The molecule has 0 unspecified atom stereocenters. The van der Waals surface area contributed by atoms with Crippen molar-refractivity contribution in [2.24, 2.45) is 0 Å². The van der Waals surface area contributed by atoms with Crippen LogP contribution >= 0.6 is 0 Å². The van der Waals surface area contributed by atoms with Crippen LogP contribution in [0, 0.1) is 17.5 Å². The molecule has 0 aliphatic heterocycles. The average Bonchev–Trinajstić information content (AvgIpc) is 3.05. The number of halogens is 3. The van der Waals surface area contributed by atoms with E-state index in [4.69, 9.17) is 0 Å². The number of rotatable bonds is 6. The predicted molar refractivity (Wildman–Crippen MR) is 108 cm³/mol. The third-order valence-electron chi connectivity index (χ3n) is 5.60. The molecule has 3 heteroatoms. The molecule has 0 amide bonds. The van der Waals surface area contributed by atoms with E-state index in [1.165, 1.54) is 55.2 Å². The lowest BCUT2D eigenvalue weighted by atomic mass is 9.97. The Kier molecular flexibility index (Phi) is 5.25. The molecule has 4 rings (SSSR count). The van der Waals surface area contributed by atoms with Crippen LogP contribution in [-0.4, -0.2) is 0 Å². The van der Waals surface area contributed by atoms with Crippen molar-refractivity contribution in [2.75, 3.05) is 0 Å². The first-order valence-electron chi connectivity index (χ1n) is 9.97. The van der Waals surface area contributed by atoms with Crippen molar-refractivity contribution in [3.63, 3.8) is 0 Å². The highest BCUT2D eigenvalue weighted by Gasteiger charge is 2.27. The van der Waals surface area contributed by atoms with Gasteiger partial charge in [-0.1, -0.05) is 56.5 Å². The van der Waals surface area contributed by atoms with E-state index in [1.807, 2.05) is 6.07 Å². The summed E-state index contributed by atoms with van der Waals surface area (Å²) in [5.74, 6) is -1.58. The third-order valence-corrected chi connectivity index (χ3v) is 5.60. The zero-order valence-electron chi connectivity index (χ0n) is 16.0. The molecule has 0 heterocycles. The van der Waals surface area contributed by atoms with Crippen LogP contribution in [0.5, 0.6) is 0 Å². The molecular weight excluding hydrogens is 357 g/mol. The molecule has 28 heavy (non-hydrogen) atoms. The van der Waals surface area contributed by atoms with Gasteiger partial charge in [0.25, 0.3) is 0 Å². The van der Waals surface area contributed by atoms with Gasteiger partial charge in [-0.2, -0.15) is 0 Å².